The molecule has 0 aromatic carbocycles. The molecule has 0 amide bonds. The summed E-state index contributed by atoms with van der Waals surface area (Å²) in [5.74, 6) is -0.0234. The Morgan fingerprint density at radius 2 is 1.50 bits per heavy atom. The van der Waals surface area contributed by atoms with Crippen molar-refractivity contribution in [1.29, 1.82) is 0 Å². The van der Waals surface area contributed by atoms with E-state index >= 15 is 0 Å². The fraction of sp³-hybridized carbons (Fsp3) is 0.786. The van der Waals surface area contributed by atoms with Crippen molar-refractivity contribution in [3.63, 3.8) is 0 Å². The van der Waals surface area contributed by atoms with Crippen molar-refractivity contribution in [3.05, 3.63) is 0 Å². The fourth-order valence-corrected chi connectivity index (χ4v) is 2.91. The Bertz CT molecular complexity index is 477. The molecule has 0 saturated carbocycles. The molecule has 5 atom stereocenters. The van der Waals surface area contributed by atoms with Crippen molar-refractivity contribution in [2.45, 2.75) is 70.0 Å². The van der Waals surface area contributed by atoms with Crippen LogP contribution in [-0.4, -0.2) is 48.1 Å². The summed E-state index contributed by atoms with van der Waals surface area (Å²) in [4.78, 5) is 11.9. The van der Waals surface area contributed by atoms with E-state index in [4.69, 9.17) is 30.1 Å². The number of carbonyl (C=O) groups is 1. The van der Waals surface area contributed by atoms with Crippen LogP contribution < -0.4 is 0 Å². The number of terminal acetylenes is 1. The molecule has 3 aliphatic rings. The van der Waals surface area contributed by atoms with Crippen LogP contribution in [0.5, 0.6) is 0 Å². The molecule has 3 fully saturated rings. The van der Waals surface area contributed by atoms with Crippen molar-refractivity contribution in [1.82, 2.24) is 0 Å². The summed E-state index contributed by atoms with van der Waals surface area (Å²) in [5, 5.41) is 0. The average molecular weight is 282 g/mol. The van der Waals surface area contributed by atoms with E-state index in [0.29, 0.717) is 0 Å². The first kappa shape index (κ1) is 14.0. The standard InChI is InChI=1S/C14H18O6/c1-6-7(15)8-9-10(18-13(2,3)17-9)11-12(16-8)20-14(4,5)19-11/h1,8-12H,2-5H3/t8-,9+,10-,11+,12-/m0/s1. The molecule has 0 aromatic rings. The lowest BCUT2D eigenvalue weighted by atomic mass is 9.96. The first-order valence-corrected chi connectivity index (χ1v) is 6.60. The van der Waals surface area contributed by atoms with Gasteiger partial charge in [0.05, 0.1) is 0 Å². The van der Waals surface area contributed by atoms with E-state index < -0.39 is 48.1 Å². The fourth-order valence-electron chi connectivity index (χ4n) is 2.91. The lowest BCUT2D eigenvalue weighted by molar-refractivity contribution is -0.228. The predicted molar refractivity (Wildman–Crippen MR) is 66.4 cm³/mol. The number of ether oxygens (including phenoxy) is 5. The van der Waals surface area contributed by atoms with Gasteiger partial charge in [-0.3, -0.25) is 4.79 Å². The van der Waals surface area contributed by atoms with Crippen LogP contribution in [0.1, 0.15) is 27.7 Å². The molecule has 0 radical (unpaired) electrons. The zero-order chi connectivity index (χ0) is 14.7. The minimum atomic E-state index is -0.898. The molecule has 3 heterocycles. The molecule has 0 N–H and O–H groups in total. The quantitative estimate of drug-likeness (QED) is 0.518. The molecule has 0 spiro atoms. The molecule has 6 nitrogen and oxygen atoms in total. The van der Waals surface area contributed by atoms with E-state index in [9.17, 15) is 4.79 Å². The van der Waals surface area contributed by atoms with E-state index in [1.807, 2.05) is 0 Å². The molecule has 3 aliphatic heterocycles. The summed E-state index contributed by atoms with van der Waals surface area (Å²) in [5.41, 5.74) is 0. The summed E-state index contributed by atoms with van der Waals surface area (Å²) >= 11 is 0. The number of hydrogen-bond acceptors (Lipinski definition) is 6. The maximum Gasteiger partial charge on any atom is 0.236 e. The number of rotatable bonds is 1. The highest BCUT2D eigenvalue weighted by Crippen LogP contribution is 2.44. The van der Waals surface area contributed by atoms with Crippen LogP contribution in [-0.2, 0) is 28.5 Å². The second kappa shape index (κ2) is 4.26. The Balaban J connectivity index is 1.92. The SMILES string of the molecule is C#CC(=O)[C@@H]1O[C@H]2OC(C)(C)O[C@@H]2[C@H]2OC(C)(C)O[C@@H]21. The van der Waals surface area contributed by atoms with Crippen LogP contribution in [0.2, 0.25) is 0 Å². The molecular weight excluding hydrogens is 264 g/mol. The summed E-state index contributed by atoms with van der Waals surface area (Å²) in [6, 6.07) is 0. The van der Waals surface area contributed by atoms with Gasteiger partial charge in [0, 0.05) is 0 Å². The second-order valence-corrected chi connectivity index (χ2v) is 6.10. The maximum absolute atomic E-state index is 11.9. The minimum Gasteiger partial charge on any atom is -0.342 e. The largest absolute Gasteiger partial charge is 0.342 e. The number of Topliss-reactive ketones (excluding diaryl/α,β-unsaturated/α-hetero) is 1. The van der Waals surface area contributed by atoms with Crippen molar-refractivity contribution in [2.24, 2.45) is 0 Å². The highest BCUT2D eigenvalue weighted by molar-refractivity contribution is 5.99. The third-order valence-electron chi connectivity index (χ3n) is 3.56. The molecule has 0 aromatic heterocycles. The Morgan fingerprint density at radius 1 is 0.950 bits per heavy atom. The molecule has 110 valence electrons. The Kier molecular flexibility index (Phi) is 2.98. The average Bonchev–Trinajstić information content (AvgIpc) is 2.81. The number of ketones is 1. The van der Waals surface area contributed by atoms with Crippen molar-refractivity contribution >= 4 is 5.78 Å². The van der Waals surface area contributed by atoms with E-state index in [-0.39, 0.29) is 0 Å². The molecule has 20 heavy (non-hydrogen) atoms. The number of fused-ring (bicyclic) bond motifs is 3. The van der Waals surface area contributed by atoms with Crippen molar-refractivity contribution in [2.75, 3.05) is 0 Å². The van der Waals surface area contributed by atoms with Gasteiger partial charge < -0.3 is 23.7 Å². The van der Waals surface area contributed by atoms with E-state index in [1.54, 1.807) is 27.7 Å². The normalized spacial score (nSPS) is 44.5. The van der Waals surface area contributed by atoms with Crippen LogP contribution in [0.4, 0.5) is 0 Å². The zero-order valence-electron chi connectivity index (χ0n) is 11.9. The molecule has 3 saturated heterocycles. The summed E-state index contributed by atoms with van der Waals surface area (Å²) < 4.78 is 28.7. The summed E-state index contributed by atoms with van der Waals surface area (Å²) in [6.07, 6.45) is 2.12. The van der Waals surface area contributed by atoms with Gasteiger partial charge in [0.25, 0.3) is 0 Å². The van der Waals surface area contributed by atoms with Crippen molar-refractivity contribution < 1.29 is 28.5 Å². The zero-order valence-corrected chi connectivity index (χ0v) is 11.9. The van der Waals surface area contributed by atoms with Gasteiger partial charge in [-0.25, -0.2) is 0 Å². The molecule has 0 bridgehead atoms. The van der Waals surface area contributed by atoms with Gasteiger partial charge in [-0.2, -0.15) is 0 Å². The molecule has 6 heteroatoms. The van der Waals surface area contributed by atoms with Gasteiger partial charge >= 0.3 is 0 Å². The van der Waals surface area contributed by atoms with Gasteiger partial charge in [0.2, 0.25) is 5.78 Å². The number of hydrogen-bond donors (Lipinski definition) is 0. The second-order valence-electron chi connectivity index (χ2n) is 6.10. The summed E-state index contributed by atoms with van der Waals surface area (Å²) in [7, 11) is 0. The first-order valence-electron chi connectivity index (χ1n) is 6.60. The Labute approximate surface area is 117 Å². The lowest BCUT2D eigenvalue weighted by Gasteiger charge is -2.35. The summed E-state index contributed by atoms with van der Waals surface area (Å²) in [6.45, 7) is 7.11. The van der Waals surface area contributed by atoms with E-state index in [2.05, 4.69) is 5.92 Å². The van der Waals surface area contributed by atoms with Crippen LogP contribution in [0.3, 0.4) is 0 Å². The first-order chi connectivity index (χ1) is 9.22. The van der Waals surface area contributed by atoms with Crippen LogP contribution in [0, 0.1) is 12.3 Å². The number of carbonyl (C=O) groups excluding carboxylic acids is 1. The molecule has 0 aliphatic carbocycles. The highest BCUT2D eigenvalue weighted by atomic mass is 16.9. The lowest BCUT2D eigenvalue weighted by Crippen LogP contribution is -2.57. The third-order valence-corrected chi connectivity index (χ3v) is 3.56. The van der Waals surface area contributed by atoms with Crippen LogP contribution >= 0.6 is 0 Å². The van der Waals surface area contributed by atoms with E-state index in [1.165, 1.54) is 0 Å². The van der Waals surface area contributed by atoms with Gasteiger partial charge in [-0.15, -0.1) is 6.42 Å². The minimum absolute atomic E-state index is 0.446. The van der Waals surface area contributed by atoms with Crippen molar-refractivity contribution in [3.8, 4) is 12.3 Å². The highest BCUT2D eigenvalue weighted by Gasteiger charge is 2.61. The monoisotopic (exact) mass is 282 g/mol. The Morgan fingerprint density at radius 3 is 2.15 bits per heavy atom. The van der Waals surface area contributed by atoms with Gasteiger partial charge in [0.15, 0.2) is 24.0 Å². The third kappa shape index (κ3) is 2.16. The Hall–Kier alpha value is -0.970. The van der Waals surface area contributed by atoms with Crippen LogP contribution in [0.25, 0.3) is 0 Å². The van der Waals surface area contributed by atoms with Gasteiger partial charge in [-0.1, -0.05) is 0 Å². The predicted octanol–water partition coefficient (Wildman–Crippen LogP) is 0.585. The van der Waals surface area contributed by atoms with Crippen LogP contribution in [0.15, 0.2) is 0 Å². The smallest absolute Gasteiger partial charge is 0.236 e. The molecule has 0 unspecified atom stereocenters. The maximum atomic E-state index is 11.9. The van der Waals surface area contributed by atoms with Gasteiger partial charge in [-0.05, 0) is 33.6 Å². The molecular formula is C14H18O6. The van der Waals surface area contributed by atoms with E-state index in [0.717, 1.165) is 0 Å². The topological polar surface area (TPSA) is 63.2 Å². The van der Waals surface area contributed by atoms with Gasteiger partial charge in [0.1, 0.15) is 18.3 Å². The molecule has 3 rings (SSSR count).